The van der Waals surface area contributed by atoms with E-state index in [1.165, 1.54) is 0 Å². The van der Waals surface area contributed by atoms with Crippen molar-refractivity contribution in [3.05, 3.63) is 70.1 Å². The second kappa shape index (κ2) is 9.59. The normalized spacial score (nSPS) is 11.7. The lowest BCUT2D eigenvalue weighted by atomic mass is 10.1. The molecule has 9 nitrogen and oxygen atoms in total. The summed E-state index contributed by atoms with van der Waals surface area (Å²) in [6.07, 6.45) is -1.57. The van der Waals surface area contributed by atoms with Gasteiger partial charge in [0.25, 0.3) is 5.91 Å². The average Bonchev–Trinajstić information content (AvgIpc) is 2.66. The summed E-state index contributed by atoms with van der Waals surface area (Å²) in [6.45, 7) is 5.18. The number of para-hydroxylation sites is 2. The zero-order valence-corrected chi connectivity index (χ0v) is 16.4. The molecule has 0 heterocycles. The van der Waals surface area contributed by atoms with Crippen molar-refractivity contribution in [2.75, 3.05) is 17.2 Å². The smallest absolute Gasteiger partial charge is 0.412 e. The first-order chi connectivity index (χ1) is 13.7. The highest BCUT2D eigenvalue weighted by molar-refractivity contribution is 6.06. The van der Waals surface area contributed by atoms with Crippen molar-refractivity contribution >= 4 is 23.4 Å². The van der Waals surface area contributed by atoms with Crippen LogP contribution >= 0.6 is 0 Å². The highest BCUT2D eigenvalue weighted by Gasteiger charge is 2.18. The number of ether oxygens (including phenoxy) is 1. The van der Waals surface area contributed by atoms with E-state index in [9.17, 15) is 14.7 Å². The lowest BCUT2D eigenvalue weighted by Crippen LogP contribution is -2.27. The summed E-state index contributed by atoms with van der Waals surface area (Å²) < 4.78 is 5.23. The molecular formula is C20H23N5O4. The Labute approximate surface area is 168 Å². The number of carbonyl (C=O) groups excluding carboxylic acids is 2. The van der Waals surface area contributed by atoms with Crippen LogP contribution in [0.1, 0.15) is 42.8 Å². The Morgan fingerprint density at radius 3 is 2.24 bits per heavy atom. The molecule has 1 unspecified atom stereocenters. The number of nitrogens with zero attached hydrogens (tertiary/aromatic N) is 3. The van der Waals surface area contributed by atoms with E-state index in [0.717, 1.165) is 0 Å². The van der Waals surface area contributed by atoms with E-state index >= 15 is 0 Å². The number of amides is 2. The van der Waals surface area contributed by atoms with Gasteiger partial charge in [-0.25, -0.2) is 4.79 Å². The van der Waals surface area contributed by atoms with Crippen molar-refractivity contribution in [1.29, 1.82) is 0 Å². The van der Waals surface area contributed by atoms with Crippen LogP contribution < -0.4 is 10.6 Å². The molecule has 0 fully saturated rings. The van der Waals surface area contributed by atoms with Gasteiger partial charge in [0.1, 0.15) is 5.60 Å². The first kappa shape index (κ1) is 21.7. The molecule has 2 amide bonds. The van der Waals surface area contributed by atoms with Crippen molar-refractivity contribution in [1.82, 2.24) is 0 Å². The van der Waals surface area contributed by atoms with E-state index < -0.39 is 17.8 Å². The largest absolute Gasteiger partial charge is 0.444 e. The van der Waals surface area contributed by atoms with Gasteiger partial charge in [0.05, 0.1) is 24.0 Å². The maximum atomic E-state index is 12.5. The van der Waals surface area contributed by atoms with Gasteiger partial charge < -0.3 is 15.2 Å². The molecule has 0 aliphatic rings. The van der Waals surface area contributed by atoms with Crippen molar-refractivity contribution in [2.24, 2.45) is 5.11 Å². The van der Waals surface area contributed by atoms with Gasteiger partial charge in [0.2, 0.25) is 0 Å². The van der Waals surface area contributed by atoms with Crippen LogP contribution in [0.15, 0.2) is 53.6 Å². The van der Waals surface area contributed by atoms with Crippen LogP contribution in [0.3, 0.4) is 0 Å². The number of carbonyl (C=O) groups is 2. The minimum atomic E-state index is -0.943. The van der Waals surface area contributed by atoms with Crippen molar-refractivity contribution in [3.8, 4) is 0 Å². The van der Waals surface area contributed by atoms with Crippen LogP contribution in [0.4, 0.5) is 16.2 Å². The number of anilines is 2. The van der Waals surface area contributed by atoms with E-state index in [0.29, 0.717) is 22.5 Å². The molecule has 0 spiro atoms. The van der Waals surface area contributed by atoms with Gasteiger partial charge in [0.15, 0.2) is 0 Å². The number of nitrogens with one attached hydrogen (secondary N) is 2. The first-order valence-corrected chi connectivity index (χ1v) is 8.89. The molecule has 0 aromatic heterocycles. The summed E-state index contributed by atoms with van der Waals surface area (Å²) in [5, 5.41) is 18.6. The Morgan fingerprint density at radius 2 is 1.69 bits per heavy atom. The molecule has 9 heteroatoms. The van der Waals surface area contributed by atoms with Crippen LogP contribution in [-0.4, -0.2) is 29.3 Å². The number of benzene rings is 2. The molecule has 2 rings (SSSR count). The lowest BCUT2D eigenvalue weighted by Gasteiger charge is -2.20. The minimum Gasteiger partial charge on any atom is -0.444 e. The fourth-order valence-corrected chi connectivity index (χ4v) is 2.39. The predicted octanol–water partition coefficient (Wildman–Crippen LogP) is 4.63. The second-order valence-electron chi connectivity index (χ2n) is 7.18. The number of hydrogen-bond donors (Lipinski definition) is 3. The van der Waals surface area contributed by atoms with Crippen LogP contribution in [-0.2, 0) is 4.74 Å². The van der Waals surface area contributed by atoms with E-state index in [4.69, 9.17) is 10.3 Å². The molecule has 29 heavy (non-hydrogen) atoms. The summed E-state index contributed by atoms with van der Waals surface area (Å²) in [6, 6.07) is 13.0. The molecule has 0 radical (unpaired) electrons. The molecule has 1 atom stereocenters. The Hall–Kier alpha value is -3.55. The molecule has 0 saturated carbocycles. The third-order valence-electron chi connectivity index (χ3n) is 3.69. The molecule has 0 bridgehead atoms. The topological polar surface area (TPSA) is 136 Å². The summed E-state index contributed by atoms with van der Waals surface area (Å²) >= 11 is 0. The summed E-state index contributed by atoms with van der Waals surface area (Å²) in [5.74, 6) is -0.389. The Kier molecular flexibility index (Phi) is 7.19. The number of azide groups is 1. The zero-order chi connectivity index (χ0) is 21.4. The zero-order valence-electron chi connectivity index (χ0n) is 16.4. The van der Waals surface area contributed by atoms with Gasteiger partial charge in [-0.3, -0.25) is 10.1 Å². The van der Waals surface area contributed by atoms with Crippen molar-refractivity contribution in [2.45, 2.75) is 32.5 Å². The predicted molar refractivity (Wildman–Crippen MR) is 110 cm³/mol. The van der Waals surface area contributed by atoms with Gasteiger partial charge in [-0.15, -0.1) is 0 Å². The molecular weight excluding hydrogens is 374 g/mol. The van der Waals surface area contributed by atoms with Crippen LogP contribution in [0.5, 0.6) is 0 Å². The van der Waals surface area contributed by atoms with Crippen LogP contribution in [0, 0.1) is 0 Å². The summed E-state index contributed by atoms with van der Waals surface area (Å²) in [4.78, 5) is 27.2. The SMILES string of the molecule is CC(C)(C)OC(=O)Nc1ccccc1NC(=O)c1ccc(C(O)CN=[N+]=[N-])cc1. The number of rotatable bonds is 6. The first-order valence-electron chi connectivity index (χ1n) is 8.89. The average molecular weight is 397 g/mol. The van der Waals surface area contributed by atoms with Crippen molar-refractivity contribution in [3.63, 3.8) is 0 Å². The van der Waals surface area contributed by atoms with Gasteiger partial charge in [0, 0.05) is 10.5 Å². The molecule has 0 aliphatic carbocycles. The number of aliphatic hydroxyl groups is 1. The third kappa shape index (κ3) is 6.84. The number of hydrogen-bond acceptors (Lipinski definition) is 5. The lowest BCUT2D eigenvalue weighted by molar-refractivity contribution is 0.0635. The van der Waals surface area contributed by atoms with Gasteiger partial charge in [-0.05, 0) is 56.1 Å². The fourth-order valence-electron chi connectivity index (χ4n) is 2.39. The Balaban J connectivity index is 2.09. The summed E-state index contributed by atoms with van der Waals surface area (Å²) in [7, 11) is 0. The quantitative estimate of drug-likeness (QED) is 0.372. The van der Waals surface area contributed by atoms with Crippen LogP contribution in [0.25, 0.3) is 10.4 Å². The van der Waals surface area contributed by atoms with Crippen molar-refractivity contribution < 1.29 is 19.4 Å². The minimum absolute atomic E-state index is 0.0915. The van der Waals surface area contributed by atoms with Gasteiger partial charge in [-0.2, -0.15) is 0 Å². The van der Waals surface area contributed by atoms with E-state index in [-0.39, 0.29) is 12.5 Å². The van der Waals surface area contributed by atoms with E-state index in [2.05, 4.69) is 20.7 Å². The number of aliphatic hydroxyl groups excluding tert-OH is 1. The highest BCUT2D eigenvalue weighted by Crippen LogP contribution is 2.23. The van der Waals surface area contributed by atoms with E-state index in [1.54, 1.807) is 69.3 Å². The standard InChI is InChI=1S/C20H23N5O4/c1-20(2,3)29-19(28)24-16-7-5-4-6-15(16)23-18(27)14-10-8-13(9-11-14)17(26)12-22-25-21/h4-11,17,26H,12H2,1-3H3,(H,23,27)(H,24,28). The molecule has 152 valence electrons. The summed E-state index contributed by atoms with van der Waals surface area (Å²) in [5.41, 5.74) is 9.37. The Morgan fingerprint density at radius 1 is 1.10 bits per heavy atom. The fraction of sp³-hybridized carbons (Fsp3) is 0.300. The van der Waals surface area contributed by atoms with Gasteiger partial charge >= 0.3 is 6.09 Å². The van der Waals surface area contributed by atoms with E-state index in [1.807, 2.05) is 0 Å². The molecule has 2 aromatic rings. The molecule has 0 saturated heterocycles. The third-order valence-corrected chi connectivity index (χ3v) is 3.69. The molecule has 3 N–H and O–H groups in total. The van der Waals surface area contributed by atoms with Crippen LogP contribution in [0.2, 0.25) is 0 Å². The molecule has 2 aromatic carbocycles. The van der Waals surface area contributed by atoms with Gasteiger partial charge in [-0.1, -0.05) is 29.4 Å². The maximum absolute atomic E-state index is 12.5. The maximum Gasteiger partial charge on any atom is 0.412 e. The second-order valence-corrected chi connectivity index (χ2v) is 7.18. The highest BCUT2D eigenvalue weighted by atomic mass is 16.6. The monoisotopic (exact) mass is 397 g/mol. The Bertz CT molecular complexity index is 915. The molecule has 0 aliphatic heterocycles.